The lowest BCUT2D eigenvalue weighted by atomic mass is 10.1. The number of nitrogens with one attached hydrogen (secondary N) is 1. The molecular weight excluding hydrogens is 535 g/mol. The predicted octanol–water partition coefficient (Wildman–Crippen LogP) is 0.271. The number of benzene rings is 1. The van der Waals surface area contributed by atoms with Gasteiger partial charge in [-0.15, -0.1) is 0 Å². The molecule has 4 rings (SSSR count). The first kappa shape index (κ1) is 28.4. The van der Waals surface area contributed by atoms with E-state index in [1.807, 2.05) is 0 Å². The molecule has 0 spiro atoms. The maximum atomic E-state index is 14.5. The lowest BCUT2D eigenvalue weighted by molar-refractivity contribution is -0.0566. The van der Waals surface area contributed by atoms with E-state index < -0.39 is 44.4 Å². The van der Waals surface area contributed by atoms with Crippen LogP contribution in [0.5, 0.6) is 5.75 Å². The first-order chi connectivity index (χ1) is 18.2. The van der Waals surface area contributed by atoms with Gasteiger partial charge in [-0.3, -0.25) is 14.2 Å². The third kappa shape index (κ3) is 5.60. The number of nitrogens with zero attached hydrogens (tertiary/aromatic N) is 5. The summed E-state index contributed by atoms with van der Waals surface area (Å²) >= 11 is 0. The summed E-state index contributed by atoms with van der Waals surface area (Å²) in [4.78, 5) is 44.4. The molecule has 2 aliphatic heterocycles. The summed E-state index contributed by atoms with van der Waals surface area (Å²) in [6.07, 6.45) is 0. The minimum Gasteiger partial charge on any atom is -0.501 e. The van der Waals surface area contributed by atoms with Gasteiger partial charge >= 0.3 is 6.03 Å². The van der Waals surface area contributed by atoms with Crippen molar-refractivity contribution in [2.75, 3.05) is 46.9 Å². The molecule has 2 aromatic rings. The van der Waals surface area contributed by atoms with Crippen molar-refractivity contribution in [3.63, 3.8) is 0 Å². The number of aromatic nitrogens is 2. The van der Waals surface area contributed by atoms with Crippen LogP contribution in [0.1, 0.15) is 35.7 Å². The number of hydrogen-bond donors (Lipinski definition) is 2. The molecule has 0 atom stereocenters. The fraction of sp³-hybridized carbons (Fsp3) is 0.500. The van der Waals surface area contributed by atoms with E-state index in [0.29, 0.717) is 0 Å². The van der Waals surface area contributed by atoms with Crippen molar-refractivity contribution in [1.82, 2.24) is 29.0 Å². The van der Waals surface area contributed by atoms with Gasteiger partial charge in [0.05, 0.1) is 18.0 Å². The van der Waals surface area contributed by atoms with Crippen molar-refractivity contribution in [3.05, 3.63) is 51.5 Å². The zero-order valence-electron chi connectivity index (χ0n) is 22.1. The van der Waals surface area contributed by atoms with Crippen LogP contribution in [-0.4, -0.2) is 96.0 Å². The third-order valence-corrected chi connectivity index (χ3v) is 8.47. The average Bonchev–Trinajstić information content (AvgIpc) is 2.88. The zero-order chi connectivity index (χ0) is 28.7. The predicted molar refractivity (Wildman–Crippen MR) is 136 cm³/mol. The number of ether oxygens (including phenoxy) is 1. The first-order valence-electron chi connectivity index (χ1n) is 12.2. The molecule has 0 aliphatic carbocycles. The van der Waals surface area contributed by atoms with Crippen LogP contribution in [0.4, 0.5) is 9.18 Å². The molecule has 0 unspecified atom stereocenters. The van der Waals surface area contributed by atoms with E-state index in [-0.39, 0.29) is 68.2 Å². The van der Waals surface area contributed by atoms with Crippen LogP contribution in [-0.2, 0) is 33.5 Å². The molecule has 0 radical (unpaired) electrons. The van der Waals surface area contributed by atoms with E-state index >= 15 is 0 Å². The Morgan fingerprint density at radius 2 is 1.82 bits per heavy atom. The van der Waals surface area contributed by atoms with Crippen LogP contribution < -0.4 is 10.9 Å². The van der Waals surface area contributed by atoms with Crippen LogP contribution in [0, 0.1) is 5.82 Å². The molecule has 1 aromatic carbocycles. The Labute approximate surface area is 224 Å². The van der Waals surface area contributed by atoms with Crippen molar-refractivity contribution in [1.29, 1.82) is 0 Å². The van der Waals surface area contributed by atoms with Crippen LogP contribution >= 0.6 is 0 Å². The summed E-state index contributed by atoms with van der Waals surface area (Å²) in [6.45, 7) is 3.93. The number of hydrogen-bond acceptors (Lipinski definition) is 8. The number of amides is 3. The van der Waals surface area contributed by atoms with E-state index in [2.05, 4.69) is 10.3 Å². The Kier molecular flexibility index (Phi) is 7.69. The van der Waals surface area contributed by atoms with Gasteiger partial charge in [0.1, 0.15) is 17.2 Å². The number of piperazine rings is 1. The SMILES string of the molecule is CN(C)C(=O)N1CCN(S(=O)(=O)c2cc(F)cc(CNC(=O)c3nc4n(c(=O)c3O)CCOC4(C)C)c2)CC1. The van der Waals surface area contributed by atoms with Gasteiger partial charge in [0.25, 0.3) is 11.5 Å². The second-order valence-corrected chi connectivity index (χ2v) is 11.9. The van der Waals surface area contributed by atoms with Crippen molar-refractivity contribution < 1.29 is 32.2 Å². The van der Waals surface area contributed by atoms with Gasteiger partial charge in [0.15, 0.2) is 5.69 Å². The first-order valence-corrected chi connectivity index (χ1v) is 13.7. The number of urea groups is 1. The molecule has 0 saturated carbocycles. The molecule has 3 heterocycles. The molecule has 212 valence electrons. The van der Waals surface area contributed by atoms with Gasteiger partial charge in [-0.05, 0) is 37.6 Å². The molecule has 2 aliphatic rings. The summed E-state index contributed by atoms with van der Waals surface area (Å²) in [5, 5.41) is 12.8. The summed E-state index contributed by atoms with van der Waals surface area (Å²) < 4.78 is 48.9. The zero-order valence-corrected chi connectivity index (χ0v) is 22.9. The lowest BCUT2D eigenvalue weighted by Crippen LogP contribution is -2.52. The van der Waals surface area contributed by atoms with Crippen molar-refractivity contribution in [2.45, 2.75) is 37.4 Å². The van der Waals surface area contributed by atoms with Crippen LogP contribution in [0.15, 0.2) is 27.9 Å². The van der Waals surface area contributed by atoms with Gasteiger partial charge in [0, 0.05) is 46.8 Å². The van der Waals surface area contributed by atoms with Crippen molar-refractivity contribution in [3.8, 4) is 5.75 Å². The molecule has 39 heavy (non-hydrogen) atoms. The second kappa shape index (κ2) is 10.5. The fourth-order valence-corrected chi connectivity index (χ4v) is 6.02. The highest BCUT2D eigenvalue weighted by molar-refractivity contribution is 7.89. The number of carbonyl (C=O) groups excluding carboxylic acids is 2. The smallest absolute Gasteiger partial charge is 0.319 e. The molecule has 1 fully saturated rings. The lowest BCUT2D eigenvalue weighted by Gasteiger charge is -2.35. The van der Waals surface area contributed by atoms with Crippen molar-refractivity contribution >= 4 is 22.0 Å². The second-order valence-electron chi connectivity index (χ2n) is 9.99. The van der Waals surface area contributed by atoms with Gasteiger partial charge in [-0.25, -0.2) is 22.6 Å². The van der Waals surface area contributed by atoms with Crippen molar-refractivity contribution in [2.24, 2.45) is 0 Å². The van der Waals surface area contributed by atoms with Crippen LogP contribution in [0.3, 0.4) is 0 Å². The highest BCUT2D eigenvalue weighted by Crippen LogP contribution is 2.27. The highest BCUT2D eigenvalue weighted by atomic mass is 32.2. The van der Waals surface area contributed by atoms with Gasteiger partial charge in [-0.2, -0.15) is 4.31 Å². The molecule has 15 heteroatoms. The molecule has 1 aromatic heterocycles. The maximum absolute atomic E-state index is 14.5. The molecule has 1 saturated heterocycles. The largest absolute Gasteiger partial charge is 0.501 e. The Bertz CT molecular complexity index is 1470. The summed E-state index contributed by atoms with van der Waals surface area (Å²) in [7, 11) is -0.871. The van der Waals surface area contributed by atoms with Crippen LogP contribution in [0.25, 0.3) is 0 Å². The number of fused-ring (bicyclic) bond motifs is 1. The van der Waals surface area contributed by atoms with E-state index in [1.165, 1.54) is 24.7 Å². The third-order valence-electron chi connectivity index (χ3n) is 6.59. The van der Waals surface area contributed by atoms with Crippen LogP contribution in [0.2, 0.25) is 0 Å². The Hall–Kier alpha value is -3.56. The van der Waals surface area contributed by atoms with E-state index in [9.17, 15) is 32.3 Å². The maximum Gasteiger partial charge on any atom is 0.319 e. The summed E-state index contributed by atoms with van der Waals surface area (Å²) in [6, 6.07) is 2.97. The Balaban J connectivity index is 1.51. The highest BCUT2D eigenvalue weighted by Gasteiger charge is 2.35. The summed E-state index contributed by atoms with van der Waals surface area (Å²) in [5.74, 6) is -2.38. The van der Waals surface area contributed by atoms with Gasteiger partial charge in [0.2, 0.25) is 15.8 Å². The molecule has 2 N–H and O–H groups in total. The standard InChI is InChI=1S/C24H31FN6O7S/c1-24(2)22-27-18(19(32)21(34)31(22)9-10-38-24)20(33)26-14-15-11-16(25)13-17(12-15)39(36,37)30-7-5-29(6-8-30)23(35)28(3)4/h11-13,32H,5-10,14H2,1-4H3,(H,26,33). The fourth-order valence-electron chi connectivity index (χ4n) is 4.52. The molecule has 13 nitrogen and oxygen atoms in total. The summed E-state index contributed by atoms with van der Waals surface area (Å²) in [5.41, 5.74) is -2.13. The normalized spacial score (nSPS) is 17.4. The van der Waals surface area contributed by atoms with E-state index in [0.717, 1.165) is 12.1 Å². The quantitative estimate of drug-likeness (QED) is 0.523. The average molecular weight is 567 g/mol. The number of sulfonamides is 1. The van der Waals surface area contributed by atoms with E-state index in [4.69, 9.17) is 4.74 Å². The minimum atomic E-state index is -4.08. The molecule has 3 amide bonds. The van der Waals surface area contributed by atoms with Gasteiger partial charge in [-0.1, -0.05) is 0 Å². The Morgan fingerprint density at radius 3 is 2.46 bits per heavy atom. The number of halogens is 1. The minimum absolute atomic E-state index is 0.0450. The topological polar surface area (TPSA) is 154 Å². The van der Waals surface area contributed by atoms with E-state index in [1.54, 1.807) is 27.9 Å². The molecule has 0 bridgehead atoms. The monoisotopic (exact) mass is 566 g/mol. The van der Waals surface area contributed by atoms with Gasteiger partial charge < -0.3 is 25.0 Å². The number of carbonyl (C=O) groups is 2. The number of aromatic hydroxyl groups is 1. The number of rotatable bonds is 5. The molecular formula is C24H31FN6O7S. The Morgan fingerprint density at radius 1 is 1.15 bits per heavy atom.